The summed E-state index contributed by atoms with van der Waals surface area (Å²) in [5.41, 5.74) is 2.43. The normalized spacial score (nSPS) is 11.2. The van der Waals surface area contributed by atoms with Crippen LogP contribution in [0.4, 0.5) is 10.5 Å². The van der Waals surface area contributed by atoms with Crippen LogP contribution in [0.1, 0.15) is 96.8 Å². The molecule has 2 N–H and O–H groups in total. The van der Waals surface area contributed by atoms with Gasteiger partial charge in [-0.15, -0.1) is 0 Å². The molecule has 5 nitrogen and oxygen atoms in total. The lowest BCUT2D eigenvalue weighted by atomic mass is 10.0. The number of pyridine rings is 2. The van der Waals surface area contributed by atoms with Gasteiger partial charge in [0.25, 0.3) is 0 Å². The second kappa shape index (κ2) is 15.3. The van der Waals surface area contributed by atoms with Gasteiger partial charge in [-0.3, -0.25) is 9.97 Å². The largest absolute Gasteiger partial charge is 0.338 e. The van der Waals surface area contributed by atoms with Gasteiger partial charge < -0.3 is 10.6 Å². The highest BCUT2D eigenvalue weighted by atomic mass is 16.2. The van der Waals surface area contributed by atoms with Crippen LogP contribution in [0.5, 0.6) is 0 Å². The minimum Gasteiger partial charge on any atom is -0.338 e. The Morgan fingerprint density at radius 2 is 1.29 bits per heavy atom. The Balaban J connectivity index is 1.26. The van der Waals surface area contributed by atoms with Crippen molar-refractivity contribution in [2.75, 3.05) is 11.9 Å². The van der Waals surface area contributed by atoms with Gasteiger partial charge in [0, 0.05) is 29.7 Å². The number of carbonyl (C=O) groups excluding carboxylic acids is 1. The van der Waals surface area contributed by atoms with Crippen molar-refractivity contribution in [1.29, 1.82) is 0 Å². The van der Waals surface area contributed by atoms with Crippen LogP contribution in [-0.4, -0.2) is 22.5 Å². The number of urea groups is 1. The lowest BCUT2D eigenvalue weighted by Gasteiger charge is -2.11. The number of nitrogens with one attached hydrogen (secondary N) is 2. The molecule has 34 heavy (non-hydrogen) atoms. The van der Waals surface area contributed by atoms with Crippen LogP contribution in [0.15, 0.2) is 42.7 Å². The number of nitrogens with zero attached hydrogens (tertiary/aromatic N) is 2. The first-order valence-electron chi connectivity index (χ1n) is 13.5. The molecule has 0 unspecified atom stereocenters. The van der Waals surface area contributed by atoms with E-state index in [0.717, 1.165) is 33.9 Å². The lowest BCUT2D eigenvalue weighted by molar-refractivity contribution is 0.252. The zero-order chi connectivity index (χ0) is 23.8. The van der Waals surface area contributed by atoms with Crippen molar-refractivity contribution in [3.05, 3.63) is 42.7 Å². The first kappa shape index (κ1) is 25.9. The van der Waals surface area contributed by atoms with Gasteiger partial charge in [-0.25, -0.2) is 4.79 Å². The Bertz CT molecular complexity index is 1000. The molecule has 0 radical (unpaired) electrons. The van der Waals surface area contributed by atoms with Crippen LogP contribution >= 0.6 is 0 Å². The maximum absolute atomic E-state index is 12.5. The van der Waals surface area contributed by atoms with Gasteiger partial charge in [-0.05, 0) is 30.7 Å². The predicted molar refractivity (Wildman–Crippen MR) is 144 cm³/mol. The summed E-state index contributed by atoms with van der Waals surface area (Å²) in [5, 5.41) is 7.88. The van der Waals surface area contributed by atoms with Gasteiger partial charge in [0.1, 0.15) is 0 Å². The topological polar surface area (TPSA) is 66.9 Å². The van der Waals surface area contributed by atoms with E-state index in [1.165, 1.54) is 83.5 Å². The van der Waals surface area contributed by atoms with Gasteiger partial charge in [-0.1, -0.05) is 96.5 Å². The second-order valence-corrected chi connectivity index (χ2v) is 9.38. The molecule has 184 valence electrons. The lowest BCUT2D eigenvalue weighted by Crippen LogP contribution is -2.29. The maximum Gasteiger partial charge on any atom is 0.319 e. The Hall–Kier alpha value is -2.69. The summed E-state index contributed by atoms with van der Waals surface area (Å²) in [6.45, 7) is 2.98. The highest BCUT2D eigenvalue weighted by Crippen LogP contribution is 2.29. The molecule has 2 heterocycles. The third kappa shape index (κ3) is 8.58. The molecule has 3 rings (SSSR count). The molecular formula is C29H42N4O. The van der Waals surface area contributed by atoms with Crippen molar-refractivity contribution in [1.82, 2.24) is 15.3 Å². The number of aromatic nitrogens is 2. The van der Waals surface area contributed by atoms with Gasteiger partial charge in [-0.2, -0.15) is 0 Å². The molecule has 0 saturated carbocycles. The van der Waals surface area contributed by atoms with E-state index >= 15 is 0 Å². The summed E-state index contributed by atoms with van der Waals surface area (Å²) in [5.74, 6) is 0. The van der Waals surface area contributed by atoms with Gasteiger partial charge in [0.15, 0.2) is 0 Å². The first-order chi connectivity index (χ1) is 16.8. The van der Waals surface area contributed by atoms with E-state index in [1.54, 1.807) is 12.4 Å². The van der Waals surface area contributed by atoms with E-state index in [0.29, 0.717) is 6.54 Å². The van der Waals surface area contributed by atoms with E-state index in [9.17, 15) is 4.79 Å². The fraction of sp³-hybridized carbons (Fsp3) is 0.552. The Labute approximate surface area is 205 Å². The van der Waals surface area contributed by atoms with Crippen LogP contribution in [-0.2, 0) is 0 Å². The molecule has 1 aromatic carbocycles. The van der Waals surface area contributed by atoms with Crippen LogP contribution in [0.25, 0.3) is 21.8 Å². The summed E-state index contributed by atoms with van der Waals surface area (Å²) in [6.07, 6.45) is 22.2. The number of hydrogen-bond donors (Lipinski definition) is 2. The summed E-state index contributed by atoms with van der Waals surface area (Å²) < 4.78 is 0. The van der Waals surface area contributed by atoms with E-state index < -0.39 is 0 Å². The minimum absolute atomic E-state index is 0.164. The molecule has 5 heteroatoms. The molecule has 0 aliphatic heterocycles. The number of carbonyl (C=O) groups is 1. The fourth-order valence-electron chi connectivity index (χ4n) is 4.57. The highest BCUT2D eigenvalue weighted by Gasteiger charge is 2.10. The Kier molecular flexibility index (Phi) is 11.6. The number of benzene rings is 1. The maximum atomic E-state index is 12.5. The third-order valence-electron chi connectivity index (χ3n) is 6.53. The summed E-state index contributed by atoms with van der Waals surface area (Å²) in [6, 6.07) is 9.56. The van der Waals surface area contributed by atoms with Crippen molar-refractivity contribution in [3.63, 3.8) is 0 Å². The highest BCUT2D eigenvalue weighted by molar-refractivity contribution is 6.11. The van der Waals surface area contributed by atoms with Crippen molar-refractivity contribution >= 4 is 33.5 Å². The second-order valence-electron chi connectivity index (χ2n) is 9.38. The molecular weight excluding hydrogens is 420 g/mol. The molecule has 0 spiro atoms. The van der Waals surface area contributed by atoms with Gasteiger partial charge >= 0.3 is 6.03 Å². The summed E-state index contributed by atoms with van der Waals surface area (Å²) in [4.78, 5) is 21.4. The molecule has 0 atom stereocenters. The number of hydrogen-bond acceptors (Lipinski definition) is 3. The average Bonchev–Trinajstić information content (AvgIpc) is 2.86. The molecule has 2 amide bonds. The number of unbranched alkanes of at least 4 members (excludes halogenated alkanes) is 13. The monoisotopic (exact) mass is 462 g/mol. The van der Waals surface area contributed by atoms with E-state index in [4.69, 9.17) is 0 Å². The number of anilines is 1. The predicted octanol–water partition coefficient (Wildman–Crippen LogP) is 8.39. The number of rotatable bonds is 16. The minimum atomic E-state index is -0.164. The third-order valence-corrected chi connectivity index (χ3v) is 6.53. The molecule has 3 aromatic rings. The summed E-state index contributed by atoms with van der Waals surface area (Å²) in [7, 11) is 0. The Morgan fingerprint density at radius 3 is 1.94 bits per heavy atom. The van der Waals surface area contributed by atoms with Crippen LogP contribution in [0, 0.1) is 0 Å². The zero-order valence-electron chi connectivity index (χ0n) is 21.0. The fourth-order valence-corrected chi connectivity index (χ4v) is 4.57. The van der Waals surface area contributed by atoms with Crippen molar-refractivity contribution in [3.8, 4) is 0 Å². The van der Waals surface area contributed by atoms with Crippen molar-refractivity contribution in [2.24, 2.45) is 0 Å². The molecule has 2 aromatic heterocycles. The van der Waals surface area contributed by atoms with Gasteiger partial charge in [0.05, 0.1) is 16.7 Å². The van der Waals surface area contributed by atoms with E-state index in [2.05, 4.69) is 27.5 Å². The van der Waals surface area contributed by atoms with Crippen molar-refractivity contribution in [2.45, 2.75) is 96.8 Å². The Morgan fingerprint density at radius 1 is 0.735 bits per heavy atom. The molecule has 0 aliphatic carbocycles. The smallest absolute Gasteiger partial charge is 0.319 e. The quantitative estimate of drug-likeness (QED) is 0.166. The number of amides is 2. The van der Waals surface area contributed by atoms with Crippen LogP contribution in [0.2, 0.25) is 0 Å². The molecule has 0 saturated heterocycles. The summed E-state index contributed by atoms with van der Waals surface area (Å²) >= 11 is 0. The zero-order valence-corrected chi connectivity index (χ0v) is 21.0. The van der Waals surface area contributed by atoms with E-state index in [-0.39, 0.29) is 6.03 Å². The van der Waals surface area contributed by atoms with Crippen LogP contribution in [0.3, 0.4) is 0 Å². The SMILES string of the molecule is CCCCCCCCCCCCCCCCNC(=O)Nc1cc2cccnc2c2ncccc12. The molecule has 0 aliphatic rings. The first-order valence-corrected chi connectivity index (χ1v) is 13.5. The average molecular weight is 463 g/mol. The molecule has 0 bridgehead atoms. The molecule has 0 fully saturated rings. The number of fused-ring (bicyclic) bond motifs is 3. The standard InChI is InChI=1S/C29H42N4O/c1-2-3-4-5-6-7-8-9-10-11-12-13-14-15-20-32-29(34)33-26-23-24-18-16-21-30-27(24)28-25(26)19-17-22-31-28/h16-19,21-23H,2-15,20H2,1H3,(H2,32,33,34). The van der Waals surface area contributed by atoms with Crippen molar-refractivity contribution < 1.29 is 4.79 Å². The van der Waals surface area contributed by atoms with E-state index in [1.807, 2.05) is 30.3 Å². The van der Waals surface area contributed by atoms with Gasteiger partial charge in [0.2, 0.25) is 0 Å². The van der Waals surface area contributed by atoms with Crippen LogP contribution < -0.4 is 10.6 Å².